The van der Waals surface area contributed by atoms with E-state index in [2.05, 4.69) is 9.97 Å². The van der Waals surface area contributed by atoms with Crippen LogP contribution in [0.25, 0.3) is 0 Å². The number of pyridine rings is 2. The molecule has 4 bridgehead atoms. The van der Waals surface area contributed by atoms with Crippen LogP contribution in [-0.2, 0) is 66.6 Å². The molecule has 20 heteroatoms. The van der Waals surface area contributed by atoms with Crippen molar-refractivity contribution in [2.24, 2.45) is 17.3 Å². The monoisotopic (exact) mass is 930 g/mol. The Morgan fingerprint density at radius 3 is 1.94 bits per heavy atom. The van der Waals surface area contributed by atoms with Gasteiger partial charge in [0.05, 0.1) is 34.2 Å². The molecule has 0 amide bonds. The largest absolute Gasteiger partial charge is 0.465 e. The Morgan fingerprint density at radius 1 is 0.716 bits per heavy atom. The molecule has 4 heterocycles. The quantitative estimate of drug-likeness (QED) is 0.239. The zero-order valence-electron chi connectivity index (χ0n) is 37.8. The lowest BCUT2D eigenvalue weighted by Gasteiger charge is -2.67. The van der Waals surface area contributed by atoms with Crippen molar-refractivity contribution in [2.75, 3.05) is 13.2 Å². The molecule has 356 valence electrons. The molecule has 1 aromatic carbocycles. The molecule has 2 aliphatic heterocycles. The number of rotatable bonds is 9. The third-order valence-electron chi connectivity index (χ3n) is 13.2. The summed E-state index contributed by atoms with van der Waals surface area (Å²) in [6, 6.07) is 13.2. The Morgan fingerprint density at radius 2 is 1.33 bits per heavy atom. The highest BCUT2D eigenvalue weighted by Crippen LogP contribution is 2.70. The summed E-state index contributed by atoms with van der Waals surface area (Å²) in [5.41, 5.74) is -10.8. The van der Waals surface area contributed by atoms with Gasteiger partial charge in [-0.2, -0.15) is 0 Å². The number of benzene rings is 1. The van der Waals surface area contributed by atoms with E-state index in [0.717, 1.165) is 40.8 Å². The predicted octanol–water partition coefficient (Wildman–Crippen LogP) is 3.02. The zero-order chi connectivity index (χ0) is 48.8. The van der Waals surface area contributed by atoms with Gasteiger partial charge in [0.2, 0.25) is 0 Å². The molecule has 2 saturated carbocycles. The first-order valence-corrected chi connectivity index (χ1v) is 21.4. The summed E-state index contributed by atoms with van der Waals surface area (Å²) in [4.78, 5) is 120. The van der Waals surface area contributed by atoms with Gasteiger partial charge in [-0.05, 0) is 50.2 Å². The van der Waals surface area contributed by atoms with Gasteiger partial charge in [0.25, 0.3) is 0 Å². The molecule has 67 heavy (non-hydrogen) atoms. The Hall–Kier alpha value is -6.80. The van der Waals surface area contributed by atoms with E-state index >= 15 is 0 Å². The van der Waals surface area contributed by atoms with Crippen molar-refractivity contribution in [1.82, 2.24) is 9.97 Å². The summed E-state index contributed by atoms with van der Waals surface area (Å²) >= 11 is 0. The maximum atomic E-state index is 14.8. The van der Waals surface area contributed by atoms with Crippen LogP contribution in [0.3, 0.4) is 0 Å². The lowest BCUT2D eigenvalue weighted by Crippen LogP contribution is -2.89. The molecule has 2 aromatic heterocycles. The number of carbonyl (C=O) groups is 8. The van der Waals surface area contributed by atoms with Crippen LogP contribution in [0.2, 0.25) is 0 Å². The van der Waals surface area contributed by atoms with Crippen LogP contribution < -0.4 is 0 Å². The van der Waals surface area contributed by atoms with Crippen molar-refractivity contribution >= 4 is 47.8 Å². The second-order valence-corrected chi connectivity index (χ2v) is 17.5. The highest BCUT2D eigenvalue weighted by atomic mass is 16.7. The fourth-order valence-electron chi connectivity index (χ4n) is 10.3. The third-order valence-corrected chi connectivity index (χ3v) is 13.2. The minimum Gasteiger partial charge on any atom is -0.465 e. The number of cyclic esters (lactones) is 1. The van der Waals surface area contributed by atoms with Gasteiger partial charge in [0, 0.05) is 52.2 Å². The van der Waals surface area contributed by atoms with Crippen molar-refractivity contribution in [3.8, 4) is 0 Å². The Bertz CT molecular complexity index is 2460. The van der Waals surface area contributed by atoms with E-state index in [4.69, 9.17) is 42.6 Å². The van der Waals surface area contributed by atoms with Gasteiger partial charge in [-0.3, -0.25) is 33.9 Å². The number of aromatic nitrogens is 2. The first-order chi connectivity index (χ1) is 31.6. The molecular weight excluding hydrogens is 881 g/mol. The average molecular weight is 931 g/mol. The first-order valence-electron chi connectivity index (χ1n) is 21.4. The number of ether oxygens (including phenoxy) is 9. The first kappa shape index (κ1) is 48.1. The molecule has 0 radical (unpaired) electrons. The van der Waals surface area contributed by atoms with Gasteiger partial charge in [-0.15, -0.1) is 0 Å². The molecule has 13 atom stereocenters. The number of nitrogens with zero attached hydrogens (tertiary/aromatic N) is 2. The molecule has 1 spiro atoms. The van der Waals surface area contributed by atoms with Gasteiger partial charge in [0.15, 0.2) is 30.0 Å². The normalized spacial score (nSPS) is 34.1. The maximum Gasteiger partial charge on any atom is 0.340 e. The van der Waals surface area contributed by atoms with Gasteiger partial charge in [-0.25, -0.2) is 14.4 Å². The molecule has 2 unspecified atom stereocenters. The number of esters is 8. The number of hydrogen-bond acceptors (Lipinski definition) is 20. The molecule has 20 nitrogen and oxygen atoms in total. The van der Waals surface area contributed by atoms with Crippen molar-refractivity contribution < 1.29 is 86.1 Å². The summed E-state index contributed by atoms with van der Waals surface area (Å²) in [7, 11) is 0. The summed E-state index contributed by atoms with van der Waals surface area (Å²) in [5, 5.41) is 13.9. The van der Waals surface area contributed by atoms with Crippen LogP contribution >= 0.6 is 0 Å². The molecule has 7 rings (SSSR count). The zero-order valence-corrected chi connectivity index (χ0v) is 37.8. The molecule has 2 aliphatic carbocycles. The maximum absolute atomic E-state index is 14.8. The summed E-state index contributed by atoms with van der Waals surface area (Å²) in [5.74, 6) is -12.2. The predicted molar refractivity (Wildman–Crippen MR) is 223 cm³/mol. The van der Waals surface area contributed by atoms with E-state index in [1.165, 1.54) is 74.8 Å². The smallest absolute Gasteiger partial charge is 0.340 e. The van der Waals surface area contributed by atoms with E-state index in [-0.39, 0.29) is 22.4 Å². The van der Waals surface area contributed by atoms with Crippen LogP contribution in [0, 0.1) is 17.3 Å². The van der Waals surface area contributed by atoms with Crippen molar-refractivity contribution in [3.05, 3.63) is 95.6 Å². The highest BCUT2D eigenvalue weighted by molar-refractivity contribution is 5.92. The van der Waals surface area contributed by atoms with Gasteiger partial charge >= 0.3 is 47.8 Å². The highest BCUT2D eigenvalue weighted by Gasteiger charge is 2.92. The molecule has 3 aromatic rings. The topological polar surface area (TPSA) is 266 Å². The molecule has 1 saturated heterocycles. The Balaban J connectivity index is 1.64. The Labute approximate surface area is 383 Å². The lowest BCUT2D eigenvalue weighted by atomic mass is 9.45. The number of hydrogen-bond donors (Lipinski definition) is 1. The Kier molecular flexibility index (Phi) is 13.0. The second kappa shape index (κ2) is 18.1. The third kappa shape index (κ3) is 8.15. The van der Waals surface area contributed by atoms with Gasteiger partial charge < -0.3 is 47.7 Å². The molecule has 4 aliphatic rings. The lowest BCUT2D eigenvalue weighted by molar-refractivity contribution is -0.385. The van der Waals surface area contributed by atoms with Crippen LogP contribution in [-0.4, -0.2) is 129 Å². The number of aliphatic hydroxyl groups is 1. The van der Waals surface area contributed by atoms with E-state index in [1.807, 2.05) is 0 Å². The average Bonchev–Trinajstić information content (AvgIpc) is 3.51. The fourth-order valence-corrected chi connectivity index (χ4v) is 10.3. The van der Waals surface area contributed by atoms with E-state index < -0.39 is 138 Å². The van der Waals surface area contributed by atoms with E-state index in [1.54, 1.807) is 13.0 Å². The van der Waals surface area contributed by atoms with Gasteiger partial charge in [0.1, 0.15) is 42.0 Å². The van der Waals surface area contributed by atoms with Crippen molar-refractivity contribution in [1.29, 1.82) is 0 Å². The number of fused-ring (bicyclic) bond motifs is 5. The molecule has 3 fully saturated rings. The standard InChI is InChI=1S/C47H50N2O18/c1-23-24(2)40(54)66-37-35(64-42(56)30-16-12-18-48-20-30)39(63-28(6)53)46(22-59-25(3)50)38(62-27(5)52)34(61-26(4)51)32-36(65-41(55)29-14-10-9-11-15-29)47(46,45(37,8)58)67-44(32,7)21-60-43(57)31-17-13-19-49-33(23)31/h9-20,23-24,32,34-39,58H,21-22H2,1-8H3/t23-,24-,32?,34+,35-,36?,37-,38+,39-,44-,45-,46+,47-/m0/s1. The fraction of sp³-hybridized carbons (Fsp3) is 0.489. The molecular formula is C47H50N2O18. The summed E-state index contributed by atoms with van der Waals surface area (Å²) in [6.07, 6.45) is -8.69. The molecule has 1 N–H and O–H groups in total. The van der Waals surface area contributed by atoms with Crippen LogP contribution in [0.4, 0.5) is 0 Å². The minimum atomic E-state index is -2.94. The SMILES string of the molecule is CC(=O)OC[C@]12[C@H](OC(C)=O)[C@H](OC(C)=O)C3C(OC(=O)c4ccccc4)[C@@]14O[C@@]3(C)COC(=O)c1cccnc1[C@@H](C)[C@H](C)C(=O)O[C@@H]([C@H](OC(=O)c1cccnc1)[C@@H]2OC(C)=O)[C@]4(C)O. The van der Waals surface area contributed by atoms with Crippen LogP contribution in [0.1, 0.15) is 98.1 Å². The summed E-state index contributed by atoms with van der Waals surface area (Å²) < 4.78 is 56.4. The van der Waals surface area contributed by atoms with Crippen LogP contribution in [0.15, 0.2) is 73.2 Å². The minimum absolute atomic E-state index is 0.0424. The van der Waals surface area contributed by atoms with E-state index in [0.29, 0.717) is 0 Å². The van der Waals surface area contributed by atoms with Crippen molar-refractivity contribution in [3.63, 3.8) is 0 Å². The van der Waals surface area contributed by atoms with Gasteiger partial charge in [-0.1, -0.05) is 32.0 Å². The number of carbonyl (C=O) groups excluding carboxylic acids is 8. The second-order valence-electron chi connectivity index (χ2n) is 17.5. The van der Waals surface area contributed by atoms with E-state index in [9.17, 15) is 43.5 Å². The summed E-state index contributed by atoms with van der Waals surface area (Å²) in [6.45, 7) is 7.58. The van der Waals surface area contributed by atoms with Crippen molar-refractivity contribution in [2.45, 2.75) is 115 Å². The van der Waals surface area contributed by atoms with Crippen LogP contribution in [0.5, 0.6) is 0 Å².